The van der Waals surface area contributed by atoms with E-state index in [2.05, 4.69) is 25.1 Å². The van der Waals surface area contributed by atoms with Crippen LogP contribution in [-0.2, 0) is 0 Å². The van der Waals surface area contributed by atoms with Crippen LogP contribution in [0.25, 0.3) is 11.5 Å². The van der Waals surface area contributed by atoms with Gasteiger partial charge in [0.2, 0.25) is 5.95 Å². The van der Waals surface area contributed by atoms with Gasteiger partial charge in [-0.15, -0.1) is 5.10 Å². The molecule has 0 bridgehead atoms. The molecule has 0 atom stereocenters. The Balaban J connectivity index is 2.52. The number of nitrogen functional groups attached to an aromatic ring is 2. The zero-order valence-electron chi connectivity index (χ0n) is 6.60. The second-order valence-corrected chi connectivity index (χ2v) is 2.33. The maximum absolute atomic E-state index is 5.56. The van der Waals surface area contributed by atoms with Crippen LogP contribution in [0.3, 0.4) is 0 Å². The lowest BCUT2D eigenvalue weighted by Gasteiger charge is -1.96. The van der Waals surface area contributed by atoms with Crippen molar-refractivity contribution in [3.05, 3.63) is 12.4 Å². The number of hydrogen-bond acceptors (Lipinski definition) is 6. The molecule has 2 aromatic heterocycles. The van der Waals surface area contributed by atoms with Crippen LogP contribution in [0.15, 0.2) is 12.4 Å². The van der Waals surface area contributed by atoms with E-state index in [-0.39, 0.29) is 5.95 Å². The molecule has 0 aliphatic heterocycles. The van der Waals surface area contributed by atoms with E-state index in [1.807, 2.05) is 0 Å². The first-order valence-electron chi connectivity index (χ1n) is 3.52. The van der Waals surface area contributed by atoms with E-state index in [1.165, 1.54) is 12.4 Å². The van der Waals surface area contributed by atoms with E-state index in [9.17, 15) is 0 Å². The molecule has 2 aromatic rings. The van der Waals surface area contributed by atoms with Gasteiger partial charge in [-0.25, -0.2) is 9.97 Å². The number of aromatic amines is 1. The van der Waals surface area contributed by atoms with Crippen molar-refractivity contribution in [2.45, 2.75) is 0 Å². The van der Waals surface area contributed by atoms with Crippen LogP contribution < -0.4 is 11.5 Å². The van der Waals surface area contributed by atoms with Gasteiger partial charge in [-0.3, -0.25) is 5.10 Å². The zero-order chi connectivity index (χ0) is 9.26. The third kappa shape index (κ3) is 1.26. The third-order valence-corrected chi connectivity index (χ3v) is 1.45. The molecular formula is C6H7N7. The fourth-order valence-electron chi connectivity index (χ4n) is 0.912. The van der Waals surface area contributed by atoms with Gasteiger partial charge >= 0.3 is 0 Å². The highest BCUT2D eigenvalue weighted by Crippen LogP contribution is 2.16. The normalized spacial score (nSPS) is 10.2. The molecule has 0 amide bonds. The lowest BCUT2D eigenvalue weighted by molar-refractivity contribution is 1.08. The van der Waals surface area contributed by atoms with Gasteiger partial charge in [0.25, 0.3) is 0 Å². The largest absolute Gasteiger partial charge is 0.382 e. The van der Waals surface area contributed by atoms with Crippen molar-refractivity contribution in [2.75, 3.05) is 11.5 Å². The van der Waals surface area contributed by atoms with Crippen LogP contribution in [0.4, 0.5) is 11.8 Å². The van der Waals surface area contributed by atoms with E-state index in [1.54, 1.807) is 0 Å². The van der Waals surface area contributed by atoms with E-state index in [4.69, 9.17) is 11.5 Å². The van der Waals surface area contributed by atoms with Gasteiger partial charge in [-0.2, -0.15) is 4.98 Å². The Hall–Kier alpha value is -2.18. The standard InChI is InChI=1S/C6H7N7/c7-4-3(9-1-2-10-4)5-11-6(8)13-12-5/h1-2H,(H2,7,10)(H3,8,11,12,13). The number of anilines is 2. The highest BCUT2D eigenvalue weighted by Gasteiger charge is 2.08. The van der Waals surface area contributed by atoms with Crippen LogP contribution in [0.1, 0.15) is 0 Å². The molecule has 0 saturated carbocycles. The van der Waals surface area contributed by atoms with E-state index >= 15 is 0 Å². The number of rotatable bonds is 1. The summed E-state index contributed by atoms with van der Waals surface area (Å²) in [5, 5.41) is 6.25. The van der Waals surface area contributed by atoms with Crippen molar-refractivity contribution < 1.29 is 0 Å². The maximum Gasteiger partial charge on any atom is 0.239 e. The second-order valence-electron chi connectivity index (χ2n) is 2.33. The Morgan fingerprint density at radius 1 is 1.15 bits per heavy atom. The average molecular weight is 177 g/mol. The molecule has 13 heavy (non-hydrogen) atoms. The minimum Gasteiger partial charge on any atom is -0.382 e. The summed E-state index contributed by atoms with van der Waals surface area (Å²) in [6.45, 7) is 0. The van der Waals surface area contributed by atoms with Gasteiger partial charge in [-0.05, 0) is 0 Å². The van der Waals surface area contributed by atoms with Crippen molar-refractivity contribution >= 4 is 11.8 Å². The Kier molecular flexibility index (Phi) is 1.55. The number of aromatic nitrogens is 5. The van der Waals surface area contributed by atoms with Crippen molar-refractivity contribution in [3.8, 4) is 11.5 Å². The molecule has 0 radical (unpaired) electrons. The van der Waals surface area contributed by atoms with Gasteiger partial charge in [0.15, 0.2) is 11.6 Å². The topological polar surface area (TPSA) is 119 Å². The molecule has 7 nitrogen and oxygen atoms in total. The Bertz CT molecular complexity index is 420. The summed E-state index contributed by atoms with van der Waals surface area (Å²) in [6, 6.07) is 0. The zero-order valence-corrected chi connectivity index (χ0v) is 6.60. The van der Waals surface area contributed by atoms with Crippen LogP contribution >= 0.6 is 0 Å². The molecule has 2 heterocycles. The first-order valence-corrected chi connectivity index (χ1v) is 3.52. The van der Waals surface area contributed by atoms with Crippen molar-refractivity contribution in [3.63, 3.8) is 0 Å². The van der Waals surface area contributed by atoms with Crippen molar-refractivity contribution in [1.82, 2.24) is 25.1 Å². The highest BCUT2D eigenvalue weighted by molar-refractivity contribution is 5.63. The van der Waals surface area contributed by atoms with Crippen molar-refractivity contribution in [2.24, 2.45) is 0 Å². The molecule has 0 unspecified atom stereocenters. The van der Waals surface area contributed by atoms with E-state index < -0.39 is 0 Å². The number of nitrogens with zero attached hydrogens (tertiary/aromatic N) is 4. The van der Waals surface area contributed by atoms with Crippen LogP contribution in [0.2, 0.25) is 0 Å². The lowest BCUT2D eigenvalue weighted by atomic mass is 10.4. The molecule has 0 spiro atoms. The highest BCUT2D eigenvalue weighted by atomic mass is 15.3. The fourth-order valence-corrected chi connectivity index (χ4v) is 0.912. The van der Waals surface area contributed by atoms with E-state index in [0.29, 0.717) is 17.3 Å². The number of H-pyrrole nitrogens is 1. The van der Waals surface area contributed by atoms with Crippen LogP contribution in [0.5, 0.6) is 0 Å². The lowest BCUT2D eigenvalue weighted by Crippen LogP contribution is -1.97. The van der Waals surface area contributed by atoms with Crippen LogP contribution in [-0.4, -0.2) is 25.1 Å². The molecule has 0 saturated heterocycles. The number of nitrogens with one attached hydrogen (secondary N) is 1. The summed E-state index contributed by atoms with van der Waals surface area (Å²) in [4.78, 5) is 11.7. The van der Waals surface area contributed by atoms with E-state index in [0.717, 1.165) is 0 Å². The predicted octanol–water partition coefficient (Wildman–Crippen LogP) is -0.574. The molecule has 66 valence electrons. The quantitative estimate of drug-likeness (QED) is 0.536. The van der Waals surface area contributed by atoms with Gasteiger partial charge in [-0.1, -0.05) is 0 Å². The van der Waals surface area contributed by atoms with Gasteiger partial charge < -0.3 is 11.5 Å². The fraction of sp³-hybridized carbons (Fsp3) is 0. The summed E-state index contributed by atoms with van der Waals surface area (Å²) in [5.41, 5.74) is 11.3. The second kappa shape index (κ2) is 2.70. The SMILES string of the molecule is Nc1n[nH]c(-c2nccnc2N)n1. The number of hydrogen-bond donors (Lipinski definition) is 3. The minimum atomic E-state index is 0.153. The molecule has 2 rings (SSSR count). The minimum absolute atomic E-state index is 0.153. The van der Waals surface area contributed by atoms with Gasteiger partial charge in [0.1, 0.15) is 5.69 Å². The molecule has 0 aliphatic carbocycles. The van der Waals surface area contributed by atoms with Crippen LogP contribution in [0, 0.1) is 0 Å². The van der Waals surface area contributed by atoms with Crippen molar-refractivity contribution in [1.29, 1.82) is 0 Å². The van der Waals surface area contributed by atoms with Gasteiger partial charge in [0, 0.05) is 12.4 Å². The smallest absolute Gasteiger partial charge is 0.239 e. The molecular weight excluding hydrogens is 170 g/mol. The summed E-state index contributed by atoms with van der Waals surface area (Å²) >= 11 is 0. The van der Waals surface area contributed by atoms with Gasteiger partial charge in [0.05, 0.1) is 0 Å². The Morgan fingerprint density at radius 3 is 2.54 bits per heavy atom. The molecule has 0 aromatic carbocycles. The predicted molar refractivity (Wildman–Crippen MR) is 46.2 cm³/mol. The summed E-state index contributed by atoms with van der Waals surface area (Å²) in [7, 11) is 0. The summed E-state index contributed by atoms with van der Waals surface area (Å²) < 4.78 is 0. The average Bonchev–Trinajstić information content (AvgIpc) is 2.53. The maximum atomic E-state index is 5.56. The first kappa shape index (κ1) is 7.47. The molecule has 7 heteroatoms. The first-order chi connectivity index (χ1) is 6.27. The summed E-state index contributed by atoms with van der Waals surface area (Å²) in [6.07, 6.45) is 3.02. The molecule has 0 aliphatic rings. The Morgan fingerprint density at radius 2 is 1.92 bits per heavy atom. The number of nitrogens with two attached hydrogens (primary N) is 2. The monoisotopic (exact) mass is 177 g/mol. The molecule has 0 fully saturated rings. The molecule has 5 N–H and O–H groups in total. The Labute approximate surface area is 73.2 Å². The third-order valence-electron chi connectivity index (χ3n) is 1.45. The summed E-state index contributed by atoms with van der Waals surface area (Å²) in [5.74, 6) is 0.863.